The molecule has 2 aliphatic rings. The summed E-state index contributed by atoms with van der Waals surface area (Å²) in [5.74, 6) is 1.12. The summed E-state index contributed by atoms with van der Waals surface area (Å²) in [5.41, 5.74) is 3.95. The van der Waals surface area contributed by atoms with Crippen LogP contribution in [0.5, 0.6) is 0 Å². The molecular formula is C30H35ClN4O. The zero-order valence-electron chi connectivity index (χ0n) is 20.8. The van der Waals surface area contributed by atoms with Crippen molar-refractivity contribution in [3.63, 3.8) is 0 Å². The summed E-state index contributed by atoms with van der Waals surface area (Å²) >= 11 is 0. The van der Waals surface area contributed by atoms with Crippen LogP contribution in [-0.4, -0.2) is 37.4 Å². The quantitative estimate of drug-likeness (QED) is 0.290. The Morgan fingerprint density at radius 3 is 2.25 bits per heavy atom. The molecule has 0 bridgehead atoms. The average molecular weight is 503 g/mol. The number of rotatable bonds is 5. The predicted molar refractivity (Wildman–Crippen MR) is 148 cm³/mol. The summed E-state index contributed by atoms with van der Waals surface area (Å²) in [5, 5.41) is 1.08. The van der Waals surface area contributed by atoms with Crippen LogP contribution >= 0.6 is 12.4 Å². The molecule has 2 aliphatic carbocycles. The highest BCUT2D eigenvalue weighted by Gasteiger charge is 2.33. The van der Waals surface area contributed by atoms with E-state index in [0.717, 1.165) is 59.0 Å². The first-order valence-corrected chi connectivity index (χ1v) is 13.4. The Morgan fingerprint density at radius 1 is 0.833 bits per heavy atom. The van der Waals surface area contributed by atoms with Crippen molar-refractivity contribution < 1.29 is 4.79 Å². The van der Waals surface area contributed by atoms with Gasteiger partial charge in [0, 0.05) is 29.2 Å². The van der Waals surface area contributed by atoms with Crippen molar-refractivity contribution in [2.75, 3.05) is 0 Å². The SMILES string of the molecule is Cl.O=C(Cn1c(-c2ccc3ncccc3c2)nc2ccccc21)N(C1CCCCC1)C1CCCCC1. The van der Waals surface area contributed by atoms with Crippen LogP contribution in [0, 0.1) is 0 Å². The highest BCUT2D eigenvalue weighted by atomic mass is 35.5. The van der Waals surface area contributed by atoms with E-state index < -0.39 is 0 Å². The number of amides is 1. The highest BCUT2D eigenvalue weighted by Crippen LogP contribution is 2.32. The Bertz CT molecular complexity index is 1320. The van der Waals surface area contributed by atoms with Gasteiger partial charge < -0.3 is 9.47 Å². The lowest BCUT2D eigenvalue weighted by molar-refractivity contribution is -0.138. The number of hydrogen-bond acceptors (Lipinski definition) is 3. The molecule has 0 unspecified atom stereocenters. The van der Waals surface area contributed by atoms with Crippen molar-refractivity contribution in [2.45, 2.75) is 82.8 Å². The van der Waals surface area contributed by atoms with Crippen molar-refractivity contribution in [3.05, 3.63) is 60.8 Å². The minimum absolute atomic E-state index is 0. The Labute approximate surface area is 219 Å². The van der Waals surface area contributed by atoms with Gasteiger partial charge in [0.25, 0.3) is 0 Å². The maximum atomic E-state index is 14.1. The molecule has 0 atom stereocenters. The number of para-hydroxylation sites is 2. The van der Waals surface area contributed by atoms with E-state index in [4.69, 9.17) is 4.98 Å². The summed E-state index contributed by atoms with van der Waals surface area (Å²) in [7, 11) is 0. The van der Waals surface area contributed by atoms with Crippen LogP contribution < -0.4 is 0 Å². The second-order valence-corrected chi connectivity index (χ2v) is 10.3. The smallest absolute Gasteiger partial charge is 0.243 e. The van der Waals surface area contributed by atoms with E-state index in [2.05, 4.69) is 38.7 Å². The van der Waals surface area contributed by atoms with Crippen molar-refractivity contribution in [2.24, 2.45) is 0 Å². The first-order valence-electron chi connectivity index (χ1n) is 13.4. The molecule has 0 spiro atoms. The van der Waals surface area contributed by atoms with Crippen LogP contribution in [-0.2, 0) is 11.3 Å². The van der Waals surface area contributed by atoms with Gasteiger partial charge >= 0.3 is 0 Å². The lowest BCUT2D eigenvalue weighted by Crippen LogP contribution is -2.50. The minimum atomic E-state index is 0. The number of fused-ring (bicyclic) bond motifs is 2. The van der Waals surface area contributed by atoms with Crippen LogP contribution in [0.1, 0.15) is 64.2 Å². The number of carbonyl (C=O) groups excluding carboxylic acids is 1. The van der Waals surface area contributed by atoms with Crippen molar-refractivity contribution in [3.8, 4) is 11.4 Å². The first-order chi connectivity index (χ1) is 17.3. The Hall–Kier alpha value is -2.92. The summed E-state index contributed by atoms with van der Waals surface area (Å²) in [4.78, 5) is 25.9. The number of halogens is 1. The standard InChI is InChI=1S/C30H34N4O.ClH/c35-29(34(24-11-3-1-4-12-24)25-13-5-2-6-14-25)21-33-28-16-8-7-15-27(28)32-30(33)23-17-18-26-22(20-23)10-9-19-31-26;/h7-10,15-20,24-25H,1-6,11-14,21H2;1H. The molecule has 2 aromatic heterocycles. The fraction of sp³-hybridized carbons (Fsp3) is 0.433. The van der Waals surface area contributed by atoms with Gasteiger partial charge in [-0.25, -0.2) is 4.98 Å². The Morgan fingerprint density at radius 2 is 1.53 bits per heavy atom. The van der Waals surface area contributed by atoms with Gasteiger partial charge in [-0.2, -0.15) is 0 Å². The summed E-state index contributed by atoms with van der Waals surface area (Å²) in [6, 6.07) is 19.3. The Balaban J connectivity index is 0.00000267. The summed E-state index contributed by atoms with van der Waals surface area (Å²) in [6.45, 7) is 0.341. The van der Waals surface area contributed by atoms with E-state index in [1.165, 1.54) is 38.5 Å². The molecule has 5 nitrogen and oxygen atoms in total. The molecule has 2 aromatic carbocycles. The van der Waals surface area contributed by atoms with Crippen LogP contribution in [0.2, 0.25) is 0 Å². The van der Waals surface area contributed by atoms with Crippen LogP contribution in [0.25, 0.3) is 33.3 Å². The molecule has 36 heavy (non-hydrogen) atoms. The van der Waals surface area contributed by atoms with E-state index in [9.17, 15) is 4.79 Å². The molecule has 2 heterocycles. The zero-order valence-corrected chi connectivity index (χ0v) is 21.6. The molecule has 2 fully saturated rings. The van der Waals surface area contributed by atoms with E-state index in [1.54, 1.807) is 0 Å². The molecule has 0 N–H and O–H groups in total. The molecule has 0 saturated heterocycles. The third-order valence-corrected chi connectivity index (χ3v) is 8.03. The average Bonchev–Trinajstić information content (AvgIpc) is 3.28. The number of benzene rings is 2. The second-order valence-electron chi connectivity index (χ2n) is 10.3. The van der Waals surface area contributed by atoms with Gasteiger partial charge in [0.2, 0.25) is 5.91 Å². The normalized spacial score (nSPS) is 17.2. The molecular weight excluding hydrogens is 468 g/mol. The third kappa shape index (κ3) is 4.86. The molecule has 0 radical (unpaired) electrons. The van der Waals surface area contributed by atoms with Crippen LogP contribution in [0.15, 0.2) is 60.8 Å². The number of carbonyl (C=O) groups is 1. The first kappa shape index (κ1) is 24.8. The zero-order chi connectivity index (χ0) is 23.6. The second kappa shape index (κ2) is 11.0. The highest BCUT2D eigenvalue weighted by molar-refractivity contribution is 5.88. The molecule has 2 saturated carbocycles. The summed E-state index contributed by atoms with van der Waals surface area (Å²) < 4.78 is 2.15. The lowest BCUT2D eigenvalue weighted by Gasteiger charge is -2.42. The van der Waals surface area contributed by atoms with Crippen molar-refractivity contribution >= 4 is 40.3 Å². The summed E-state index contributed by atoms with van der Waals surface area (Å²) in [6.07, 6.45) is 14.0. The van der Waals surface area contributed by atoms with Gasteiger partial charge in [-0.3, -0.25) is 9.78 Å². The topological polar surface area (TPSA) is 51.0 Å². The number of aromatic nitrogens is 3. The van der Waals surface area contributed by atoms with Gasteiger partial charge in [0.1, 0.15) is 12.4 Å². The van der Waals surface area contributed by atoms with E-state index in [1.807, 2.05) is 36.5 Å². The maximum absolute atomic E-state index is 14.1. The largest absolute Gasteiger partial charge is 0.335 e. The van der Waals surface area contributed by atoms with Gasteiger partial charge in [-0.15, -0.1) is 12.4 Å². The van der Waals surface area contributed by atoms with E-state index in [-0.39, 0.29) is 18.3 Å². The minimum Gasteiger partial charge on any atom is -0.335 e. The molecule has 1 amide bonds. The van der Waals surface area contributed by atoms with Gasteiger partial charge in [-0.05, 0) is 62.1 Å². The fourth-order valence-electron chi connectivity index (χ4n) is 6.31. The number of imidazole rings is 1. The van der Waals surface area contributed by atoms with Gasteiger partial charge in [0.05, 0.1) is 16.6 Å². The van der Waals surface area contributed by atoms with Crippen molar-refractivity contribution in [1.82, 2.24) is 19.4 Å². The molecule has 6 rings (SSSR count). The van der Waals surface area contributed by atoms with Gasteiger partial charge in [-0.1, -0.05) is 56.7 Å². The number of nitrogens with zero attached hydrogens (tertiary/aromatic N) is 4. The lowest BCUT2D eigenvalue weighted by atomic mass is 9.88. The van der Waals surface area contributed by atoms with E-state index >= 15 is 0 Å². The maximum Gasteiger partial charge on any atom is 0.243 e. The molecule has 6 heteroatoms. The third-order valence-electron chi connectivity index (χ3n) is 8.03. The fourth-order valence-corrected chi connectivity index (χ4v) is 6.31. The molecule has 0 aliphatic heterocycles. The predicted octanol–water partition coefficient (Wildman–Crippen LogP) is 7.17. The number of pyridine rings is 1. The monoisotopic (exact) mass is 502 g/mol. The van der Waals surface area contributed by atoms with E-state index in [0.29, 0.717) is 18.6 Å². The number of hydrogen-bond donors (Lipinski definition) is 0. The molecule has 188 valence electrons. The Kier molecular flexibility index (Phi) is 7.56. The van der Waals surface area contributed by atoms with Crippen LogP contribution in [0.3, 0.4) is 0 Å². The van der Waals surface area contributed by atoms with Crippen LogP contribution in [0.4, 0.5) is 0 Å². The van der Waals surface area contributed by atoms with Gasteiger partial charge in [0.15, 0.2) is 0 Å². The van der Waals surface area contributed by atoms with Crippen molar-refractivity contribution in [1.29, 1.82) is 0 Å². The molecule has 4 aromatic rings.